The van der Waals surface area contributed by atoms with Crippen LogP contribution in [0.1, 0.15) is 0 Å². The summed E-state index contributed by atoms with van der Waals surface area (Å²) in [5, 5.41) is 10.2. The molecular formula is C50H31NS2. The average molecular weight is 710 g/mol. The number of para-hydroxylation sites is 1. The molecule has 53 heavy (non-hydrogen) atoms. The third-order valence-corrected chi connectivity index (χ3v) is 13.1. The van der Waals surface area contributed by atoms with E-state index in [1.807, 2.05) is 22.7 Å². The van der Waals surface area contributed by atoms with Gasteiger partial charge in [0.25, 0.3) is 0 Å². The molecule has 0 aliphatic carbocycles. The van der Waals surface area contributed by atoms with Gasteiger partial charge in [0, 0.05) is 62.2 Å². The SMILES string of the molecule is c1ccc(-c2cccc3c2sc2c(-c4ccc5sc6c7ccccc7c(N(c7ccccc7)c7cccc8ccccc78)cc6c5c4)cccc23)cc1. The molecule has 0 aliphatic heterocycles. The third-order valence-electron chi connectivity index (χ3n) is 10.6. The molecule has 0 radical (unpaired) electrons. The first kappa shape index (κ1) is 30.4. The Balaban J connectivity index is 1.16. The summed E-state index contributed by atoms with van der Waals surface area (Å²) in [4.78, 5) is 2.46. The third kappa shape index (κ3) is 4.82. The Morgan fingerprint density at radius 2 is 0.906 bits per heavy atom. The van der Waals surface area contributed by atoms with E-state index in [9.17, 15) is 0 Å². The Bertz CT molecular complexity index is 3170. The van der Waals surface area contributed by atoms with Gasteiger partial charge in [-0.25, -0.2) is 0 Å². The molecule has 11 rings (SSSR count). The van der Waals surface area contributed by atoms with Crippen molar-refractivity contribution in [2.75, 3.05) is 4.90 Å². The fraction of sp³-hybridized carbons (Fsp3) is 0. The summed E-state index contributed by atoms with van der Waals surface area (Å²) in [5.74, 6) is 0. The van der Waals surface area contributed by atoms with Crippen LogP contribution in [-0.4, -0.2) is 0 Å². The van der Waals surface area contributed by atoms with Crippen LogP contribution < -0.4 is 4.90 Å². The minimum absolute atomic E-state index is 1.14. The lowest BCUT2D eigenvalue weighted by atomic mass is 9.98. The number of nitrogens with zero attached hydrogens (tertiary/aromatic N) is 1. The molecule has 2 heterocycles. The normalized spacial score (nSPS) is 11.8. The topological polar surface area (TPSA) is 3.24 Å². The van der Waals surface area contributed by atoms with Gasteiger partial charge in [0.1, 0.15) is 0 Å². The van der Waals surface area contributed by atoms with Crippen molar-refractivity contribution in [3.63, 3.8) is 0 Å². The van der Waals surface area contributed by atoms with E-state index in [1.165, 1.54) is 95.5 Å². The van der Waals surface area contributed by atoms with E-state index in [1.54, 1.807) is 0 Å². The van der Waals surface area contributed by atoms with Crippen molar-refractivity contribution < 1.29 is 0 Å². The standard InChI is InChI=1S/C50H31NS2/c1-3-14-33(15-4-1)37-23-12-25-41-42-26-13-24-38(49(42)53-48(37)41)34-28-29-47-43(30-34)44-31-46(39-21-9-10-22-40(39)50(44)52-47)51(35-18-5-2-6-19-35)45-27-11-17-32-16-7-8-20-36(32)45/h1-31H. The van der Waals surface area contributed by atoms with Crippen molar-refractivity contribution >= 4 is 102 Å². The zero-order valence-electron chi connectivity index (χ0n) is 28.7. The summed E-state index contributed by atoms with van der Waals surface area (Å²) in [7, 11) is 0. The maximum absolute atomic E-state index is 2.46. The number of hydrogen-bond donors (Lipinski definition) is 0. The lowest BCUT2D eigenvalue weighted by molar-refractivity contribution is 1.32. The van der Waals surface area contributed by atoms with Gasteiger partial charge in [0.05, 0.1) is 11.4 Å². The van der Waals surface area contributed by atoms with E-state index in [-0.39, 0.29) is 0 Å². The van der Waals surface area contributed by atoms with Crippen LogP contribution in [0.25, 0.3) is 84.1 Å². The van der Waals surface area contributed by atoms with Crippen molar-refractivity contribution in [1.82, 2.24) is 0 Å². The molecule has 9 aromatic carbocycles. The fourth-order valence-electron chi connectivity index (χ4n) is 8.21. The molecule has 0 spiro atoms. The van der Waals surface area contributed by atoms with Crippen molar-refractivity contribution in [3.8, 4) is 22.3 Å². The molecule has 248 valence electrons. The Kier molecular flexibility index (Phi) is 6.97. The summed E-state index contributed by atoms with van der Waals surface area (Å²) < 4.78 is 5.31. The maximum atomic E-state index is 2.46. The molecule has 0 fully saturated rings. The first-order valence-electron chi connectivity index (χ1n) is 18.0. The Hall–Kier alpha value is -6.26. The highest BCUT2D eigenvalue weighted by Gasteiger charge is 2.21. The second kappa shape index (κ2) is 12.2. The van der Waals surface area contributed by atoms with Gasteiger partial charge in [-0.2, -0.15) is 0 Å². The van der Waals surface area contributed by atoms with E-state index in [0.29, 0.717) is 0 Å². The molecule has 0 N–H and O–H groups in total. The highest BCUT2D eigenvalue weighted by atomic mass is 32.1. The number of fused-ring (bicyclic) bond motifs is 9. The Morgan fingerprint density at radius 3 is 1.68 bits per heavy atom. The largest absolute Gasteiger partial charge is 0.309 e. The van der Waals surface area contributed by atoms with Crippen molar-refractivity contribution in [3.05, 3.63) is 188 Å². The zero-order valence-corrected chi connectivity index (χ0v) is 30.3. The number of anilines is 3. The molecule has 2 aromatic heterocycles. The summed E-state index contributed by atoms with van der Waals surface area (Å²) >= 11 is 3.82. The maximum Gasteiger partial charge on any atom is 0.0547 e. The second-order valence-electron chi connectivity index (χ2n) is 13.6. The monoisotopic (exact) mass is 709 g/mol. The zero-order chi connectivity index (χ0) is 34.9. The Labute approximate surface area is 315 Å². The summed E-state index contributed by atoms with van der Waals surface area (Å²) in [6, 6.07) is 69.0. The molecule has 1 nitrogen and oxygen atoms in total. The lowest BCUT2D eigenvalue weighted by Gasteiger charge is -2.28. The summed E-state index contributed by atoms with van der Waals surface area (Å²) in [6.07, 6.45) is 0. The minimum atomic E-state index is 1.14. The number of benzene rings is 9. The predicted molar refractivity (Wildman–Crippen MR) is 233 cm³/mol. The molecule has 0 unspecified atom stereocenters. The quantitative estimate of drug-likeness (QED) is 0.172. The first-order valence-corrected chi connectivity index (χ1v) is 19.6. The van der Waals surface area contributed by atoms with Crippen molar-refractivity contribution in [2.24, 2.45) is 0 Å². The molecular weight excluding hydrogens is 679 g/mol. The number of rotatable bonds is 5. The van der Waals surface area contributed by atoms with Crippen LogP contribution in [0, 0.1) is 0 Å². The first-order chi connectivity index (χ1) is 26.3. The van der Waals surface area contributed by atoms with Crippen molar-refractivity contribution in [1.29, 1.82) is 0 Å². The molecule has 11 aromatic rings. The van der Waals surface area contributed by atoms with E-state index in [2.05, 4.69) is 193 Å². The van der Waals surface area contributed by atoms with Gasteiger partial charge in [-0.1, -0.05) is 152 Å². The Morgan fingerprint density at radius 1 is 0.321 bits per heavy atom. The van der Waals surface area contributed by atoms with Crippen LogP contribution in [0.5, 0.6) is 0 Å². The van der Waals surface area contributed by atoms with E-state index >= 15 is 0 Å². The van der Waals surface area contributed by atoms with Gasteiger partial charge in [-0.15, -0.1) is 22.7 Å². The molecule has 0 aliphatic rings. The van der Waals surface area contributed by atoms with E-state index < -0.39 is 0 Å². The minimum Gasteiger partial charge on any atom is -0.309 e. The molecule has 0 bridgehead atoms. The summed E-state index contributed by atoms with van der Waals surface area (Å²) in [6.45, 7) is 0. The van der Waals surface area contributed by atoms with Gasteiger partial charge >= 0.3 is 0 Å². The van der Waals surface area contributed by atoms with Gasteiger partial charge in [0.15, 0.2) is 0 Å². The van der Waals surface area contributed by atoms with E-state index in [4.69, 9.17) is 0 Å². The average Bonchev–Trinajstić information content (AvgIpc) is 3.80. The van der Waals surface area contributed by atoms with Gasteiger partial charge in [0.2, 0.25) is 0 Å². The molecule has 0 saturated carbocycles. The predicted octanol–water partition coefficient (Wildman–Crippen LogP) is 15.5. The number of hydrogen-bond acceptors (Lipinski definition) is 3. The smallest absolute Gasteiger partial charge is 0.0547 e. The summed E-state index contributed by atoms with van der Waals surface area (Å²) in [5.41, 5.74) is 8.58. The van der Waals surface area contributed by atoms with E-state index in [0.717, 1.165) is 5.69 Å². The van der Waals surface area contributed by atoms with Crippen LogP contribution in [0.4, 0.5) is 17.1 Å². The molecule has 0 saturated heterocycles. The fourth-order valence-corrected chi connectivity index (χ4v) is 10.8. The van der Waals surface area contributed by atoms with Crippen molar-refractivity contribution in [2.45, 2.75) is 0 Å². The van der Waals surface area contributed by atoms with Crippen LogP contribution in [0.3, 0.4) is 0 Å². The highest BCUT2D eigenvalue weighted by Crippen LogP contribution is 2.49. The lowest BCUT2D eigenvalue weighted by Crippen LogP contribution is -2.11. The van der Waals surface area contributed by atoms with Crippen LogP contribution in [0.2, 0.25) is 0 Å². The second-order valence-corrected chi connectivity index (χ2v) is 15.7. The van der Waals surface area contributed by atoms with Gasteiger partial charge in [-0.05, 0) is 64.0 Å². The molecule has 3 heteroatoms. The highest BCUT2D eigenvalue weighted by molar-refractivity contribution is 7.27. The molecule has 0 amide bonds. The number of thiophene rings is 2. The van der Waals surface area contributed by atoms with Crippen LogP contribution in [0.15, 0.2) is 188 Å². The van der Waals surface area contributed by atoms with Gasteiger partial charge < -0.3 is 4.90 Å². The molecule has 0 atom stereocenters. The van der Waals surface area contributed by atoms with Crippen LogP contribution in [-0.2, 0) is 0 Å². The van der Waals surface area contributed by atoms with Crippen LogP contribution >= 0.6 is 22.7 Å². The van der Waals surface area contributed by atoms with Gasteiger partial charge in [-0.3, -0.25) is 0 Å².